The highest BCUT2D eigenvalue weighted by Crippen LogP contribution is 2.30. The fourth-order valence-corrected chi connectivity index (χ4v) is 6.78. The van der Waals surface area contributed by atoms with Crippen LogP contribution in [0.4, 0.5) is 11.5 Å². The van der Waals surface area contributed by atoms with Gasteiger partial charge in [-0.15, -0.1) is 9.39 Å². The second kappa shape index (κ2) is 11.7. The van der Waals surface area contributed by atoms with Crippen LogP contribution in [0.15, 0.2) is 36.1 Å². The number of aliphatic hydroxyl groups excluding tert-OH is 1. The van der Waals surface area contributed by atoms with Crippen LogP contribution >= 0.6 is 9.39 Å². The zero-order valence-corrected chi connectivity index (χ0v) is 23.6. The number of aryl methyl sites for hydroxylation is 1. The van der Waals surface area contributed by atoms with E-state index < -0.39 is 9.39 Å². The van der Waals surface area contributed by atoms with Crippen molar-refractivity contribution < 1.29 is 5.11 Å². The van der Waals surface area contributed by atoms with Crippen LogP contribution in [0.2, 0.25) is 0 Å². The van der Waals surface area contributed by atoms with Gasteiger partial charge in [0, 0.05) is 44.8 Å². The lowest BCUT2D eigenvalue weighted by Crippen LogP contribution is -2.59. The summed E-state index contributed by atoms with van der Waals surface area (Å²) < 4.78 is 3.41. The number of piperidine rings is 1. The van der Waals surface area contributed by atoms with Gasteiger partial charge in [-0.3, -0.25) is 9.80 Å². The van der Waals surface area contributed by atoms with Gasteiger partial charge < -0.3 is 14.7 Å². The minimum Gasteiger partial charge on any atom is -0.394 e. The van der Waals surface area contributed by atoms with E-state index in [9.17, 15) is 5.11 Å². The number of hydrogen-bond donors (Lipinski definition) is 2. The number of pyridine rings is 1. The van der Waals surface area contributed by atoms with Crippen LogP contribution in [0.1, 0.15) is 45.1 Å². The SMILES string of the molecule is C=S(=C)(C)Nc1cnc(N2CCN(C3CCN(C(CO)C4=CCC(C)C=C4)CC3)C(CC)C2)c(C)c1. The molecular formula is C29H47N5OS. The fraction of sp³-hybridized carbons (Fsp3) is 0.621. The summed E-state index contributed by atoms with van der Waals surface area (Å²) in [6, 6.07) is 3.49. The highest BCUT2D eigenvalue weighted by molar-refractivity contribution is 8.28. The van der Waals surface area contributed by atoms with Gasteiger partial charge in [0.2, 0.25) is 0 Å². The van der Waals surface area contributed by atoms with Crippen molar-refractivity contribution in [2.75, 3.05) is 55.2 Å². The first-order valence-corrected chi connectivity index (χ1v) is 16.0. The molecule has 3 atom stereocenters. The third-order valence-electron chi connectivity index (χ3n) is 8.02. The molecule has 1 aromatic heterocycles. The normalized spacial score (nSPS) is 25.6. The lowest BCUT2D eigenvalue weighted by Gasteiger charge is -2.48. The molecule has 200 valence electrons. The lowest BCUT2D eigenvalue weighted by molar-refractivity contribution is 0.0443. The van der Waals surface area contributed by atoms with Crippen LogP contribution in [0, 0.1) is 12.8 Å². The molecular weight excluding hydrogens is 466 g/mol. The van der Waals surface area contributed by atoms with Crippen LogP contribution in [-0.2, 0) is 0 Å². The summed E-state index contributed by atoms with van der Waals surface area (Å²) in [4.78, 5) is 12.6. The van der Waals surface area contributed by atoms with Gasteiger partial charge in [0.1, 0.15) is 5.82 Å². The zero-order valence-electron chi connectivity index (χ0n) is 22.8. The molecule has 0 radical (unpaired) electrons. The van der Waals surface area contributed by atoms with Gasteiger partial charge in [-0.1, -0.05) is 43.8 Å². The molecule has 0 aromatic carbocycles. The second-order valence-electron chi connectivity index (χ2n) is 11.2. The zero-order chi connectivity index (χ0) is 25.9. The monoisotopic (exact) mass is 513 g/mol. The van der Waals surface area contributed by atoms with Gasteiger partial charge in [0.05, 0.1) is 24.5 Å². The highest BCUT2D eigenvalue weighted by Gasteiger charge is 2.35. The maximum Gasteiger partial charge on any atom is 0.131 e. The van der Waals surface area contributed by atoms with E-state index in [4.69, 9.17) is 4.98 Å². The minimum absolute atomic E-state index is 0.145. The Morgan fingerprint density at radius 3 is 2.56 bits per heavy atom. The van der Waals surface area contributed by atoms with Crippen molar-refractivity contribution in [3.05, 3.63) is 41.6 Å². The molecule has 3 heterocycles. The third kappa shape index (κ3) is 6.55. The van der Waals surface area contributed by atoms with Crippen molar-refractivity contribution in [2.45, 2.75) is 64.6 Å². The molecule has 7 heteroatoms. The van der Waals surface area contributed by atoms with E-state index in [1.54, 1.807) is 0 Å². The van der Waals surface area contributed by atoms with Crippen LogP contribution in [0.5, 0.6) is 0 Å². The first kappa shape index (κ1) is 27.2. The van der Waals surface area contributed by atoms with E-state index in [0.29, 0.717) is 18.0 Å². The van der Waals surface area contributed by atoms with E-state index in [-0.39, 0.29) is 12.6 Å². The molecule has 1 aromatic rings. The van der Waals surface area contributed by atoms with Crippen LogP contribution in [-0.4, -0.2) is 95.3 Å². The average Bonchev–Trinajstić information content (AvgIpc) is 2.85. The largest absolute Gasteiger partial charge is 0.394 e. The number of piperazine rings is 1. The number of aliphatic hydroxyl groups is 1. The minimum atomic E-state index is -1.32. The summed E-state index contributed by atoms with van der Waals surface area (Å²) in [6.45, 7) is 12.2. The smallest absolute Gasteiger partial charge is 0.131 e. The predicted molar refractivity (Wildman–Crippen MR) is 160 cm³/mol. The Hall–Kier alpha value is -1.80. The summed E-state index contributed by atoms with van der Waals surface area (Å²) in [5.74, 6) is 9.96. The molecule has 0 amide bonds. The van der Waals surface area contributed by atoms with E-state index in [2.05, 4.69) is 76.2 Å². The van der Waals surface area contributed by atoms with E-state index in [1.807, 2.05) is 12.5 Å². The molecule has 2 fully saturated rings. The highest BCUT2D eigenvalue weighted by atomic mass is 32.2. The fourth-order valence-electron chi connectivity index (χ4n) is 6.10. The summed E-state index contributed by atoms with van der Waals surface area (Å²) in [7, 11) is -1.32. The van der Waals surface area contributed by atoms with Gasteiger partial charge in [-0.2, -0.15) is 0 Å². The number of hydrogen-bond acceptors (Lipinski definition) is 6. The predicted octanol–water partition coefficient (Wildman–Crippen LogP) is 4.26. The quantitative estimate of drug-likeness (QED) is 0.507. The van der Waals surface area contributed by atoms with Crippen molar-refractivity contribution in [3.63, 3.8) is 0 Å². The molecule has 1 aliphatic carbocycles. The number of nitrogens with zero attached hydrogens (tertiary/aromatic N) is 4. The molecule has 0 bridgehead atoms. The lowest BCUT2D eigenvalue weighted by atomic mass is 9.92. The standard InChI is InChI=1S/C29H47N5OS/c1-7-26-20-33(29-23(3)18-25(19-30-29)31-36(4,5)6)16-17-34(26)27-12-14-32(15-13-27)28(21-35)24-10-8-22(2)9-11-24/h8,10-11,18-19,22,26-28,31,35H,4-5,7,9,12-17,20-21H2,1-3,6H3. The molecule has 36 heavy (non-hydrogen) atoms. The maximum atomic E-state index is 10.2. The van der Waals surface area contributed by atoms with E-state index in [0.717, 1.165) is 57.1 Å². The van der Waals surface area contributed by atoms with Crippen molar-refractivity contribution >= 4 is 32.6 Å². The van der Waals surface area contributed by atoms with Gasteiger partial charge in [-0.05, 0) is 62.0 Å². The summed E-state index contributed by atoms with van der Waals surface area (Å²) in [5.41, 5.74) is 3.51. The molecule has 2 aliphatic heterocycles. The van der Waals surface area contributed by atoms with Crippen molar-refractivity contribution in [1.29, 1.82) is 0 Å². The molecule has 3 aliphatic rings. The summed E-state index contributed by atoms with van der Waals surface area (Å²) in [5, 5.41) is 10.2. The molecule has 0 spiro atoms. The summed E-state index contributed by atoms with van der Waals surface area (Å²) >= 11 is 0. The van der Waals surface area contributed by atoms with Gasteiger partial charge in [-0.25, -0.2) is 4.98 Å². The Labute approximate surface area is 219 Å². The Morgan fingerprint density at radius 2 is 1.97 bits per heavy atom. The van der Waals surface area contributed by atoms with Gasteiger partial charge in [0.15, 0.2) is 0 Å². The maximum absolute atomic E-state index is 10.2. The third-order valence-corrected chi connectivity index (χ3v) is 8.75. The van der Waals surface area contributed by atoms with Crippen molar-refractivity contribution in [1.82, 2.24) is 14.8 Å². The van der Waals surface area contributed by atoms with Gasteiger partial charge >= 0.3 is 0 Å². The Kier molecular flexibility index (Phi) is 8.87. The molecule has 6 nitrogen and oxygen atoms in total. The molecule has 3 unspecified atom stereocenters. The molecule has 2 N–H and O–H groups in total. The van der Waals surface area contributed by atoms with Crippen molar-refractivity contribution in [2.24, 2.45) is 5.92 Å². The number of rotatable bonds is 8. The number of anilines is 2. The molecule has 4 rings (SSSR count). The topological polar surface area (TPSA) is 54.9 Å². The first-order valence-electron chi connectivity index (χ1n) is 13.6. The van der Waals surface area contributed by atoms with E-state index in [1.165, 1.54) is 24.0 Å². The summed E-state index contributed by atoms with van der Waals surface area (Å²) in [6.07, 6.45) is 15.4. The Morgan fingerprint density at radius 1 is 1.22 bits per heavy atom. The second-order valence-corrected chi connectivity index (χ2v) is 14.0. The Balaban J connectivity index is 1.36. The van der Waals surface area contributed by atoms with E-state index >= 15 is 0 Å². The first-order chi connectivity index (χ1) is 17.2. The number of nitrogens with one attached hydrogen (secondary N) is 1. The number of likely N-dealkylation sites (tertiary alicyclic amines) is 1. The number of aromatic nitrogens is 1. The van der Waals surface area contributed by atoms with Crippen molar-refractivity contribution in [3.8, 4) is 0 Å². The Bertz CT molecular complexity index is 1060. The molecule has 2 saturated heterocycles. The van der Waals surface area contributed by atoms with Crippen LogP contribution < -0.4 is 9.62 Å². The van der Waals surface area contributed by atoms with Gasteiger partial charge in [0.25, 0.3) is 0 Å². The van der Waals surface area contributed by atoms with Crippen LogP contribution in [0.25, 0.3) is 0 Å². The molecule has 0 saturated carbocycles. The number of allylic oxidation sites excluding steroid dienone is 2. The van der Waals surface area contributed by atoms with Crippen LogP contribution in [0.3, 0.4) is 0 Å². The average molecular weight is 514 g/mol.